The van der Waals surface area contributed by atoms with Crippen LogP contribution in [0.3, 0.4) is 0 Å². The number of hydrogen-bond donors (Lipinski definition) is 2. The van der Waals surface area contributed by atoms with E-state index in [4.69, 9.17) is 20.9 Å². The van der Waals surface area contributed by atoms with Gasteiger partial charge < -0.3 is 14.4 Å². The van der Waals surface area contributed by atoms with Gasteiger partial charge in [0.1, 0.15) is 17.5 Å². The van der Waals surface area contributed by atoms with Gasteiger partial charge in [-0.1, -0.05) is 95.6 Å². The second kappa shape index (κ2) is 11.0. The van der Waals surface area contributed by atoms with Crippen molar-refractivity contribution >= 4 is 40.1 Å². The summed E-state index contributed by atoms with van der Waals surface area (Å²) in [5.74, 6) is -0.464. The van der Waals surface area contributed by atoms with Crippen molar-refractivity contribution in [3.63, 3.8) is 0 Å². The highest BCUT2D eigenvalue weighted by atomic mass is 35.5. The van der Waals surface area contributed by atoms with Gasteiger partial charge in [0, 0.05) is 16.1 Å². The molecule has 1 unspecified atom stereocenters. The van der Waals surface area contributed by atoms with Crippen LogP contribution in [0.2, 0.25) is 5.02 Å². The highest BCUT2D eigenvalue weighted by molar-refractivity contribution is 6.31. The molecule has 5 aromatic rings. The van der Waals surface area contributed by atoms with Crippen LogP contribution in [0.1, 0.15) is 29.8 Å². The lowest BCUT2D eigenvalue weighted by Crippen LogP contribution is -2.17. The zero-order valence-electron chi connectivity index (χ0n) is 21.3. The fourth-order valence-corrected chi connectivity index (χ4v) is 4.90. The molecule has 39 heavy (non-hydrogen) atoms. The van der Waals surface area contributed by atoms with Gasteiger partial charge in [-0.05, 0) is 47.4 Å². The number of benzene rings is 4. The number of aliphatic carboxylic acids is 1. The number of fused-ring (bicyclic) bond motifs is 1. The van der Waals surface area contributed by atoms with E-state index in [1.165, 1.54) is 0 Å². The number of halogens is 1. The van der Waals surface area contributed by atoms with Crippen molar-refractivity contribution < 1.29 is 24.0 Å². The molecular weight excluding hydrogens is 516 g/mol. The normalized spacial score (nSPS) is 11.8. The molecule has 1 amide bonds. The van der Waals surface area contributed by atoms with E-state index in [9.17, 15) is 14.7 Å². The number of anilines is 1. The number of carbonyl (C=O) groups excluding carboxylic acids is 1. The van der Waals surface area contributed by atoms with Crippen LogP contribution in [0.15, 0.2) is 89.5 Å². The molecule has 196 valence electrons. The van der Waals surface area contributed by atoms with Crippen molar-refractivity contribution in [1.82, 2.24) is 5.16 Å². The minimum Gasteiger partial charge on any atom is -0.481 e. The molecule has 4 aromatic carbocycles. The number of amides is 1. The van der Waals surface area contributed by atoms with Crippen LogP contribution in [0, 0.1) is 6.92 Å². The summed E-state index contributed by atoms with van der Waals surface area (Å²) >= 11 is 6.23. The molecule has 0 fully saturated rings. The summed E-state index contributed by atoms with van der Waals surface area (Å²) in [7, 11) is 0. The fraction of sp³-hybridized carbons (Fsp3) is 0.129. The highest BCUT2D eigenvalue weighted by Gasteiger charge is 2.21. The van der Waals surface area contributed by atoms with Crippen LogP contribution in [-0.4, -0.2) is 22.3 Å². The summed E-state index contributed by atoms with van der Waals surface area (Å²) in [6.45, 7) is 3.48. The van der Waals surface area contributed by atoms with Gasteiger partial charge >= 0.3 is 12.1 Å². The van der Waals surface area contributed by atoms with E-state index in [1.807, 2.05) is 72.8 Å². The standard InChI is InChI=1S/C31H25ClN2O5/c1-18-29(33-31(37)38-19(2)23-7-5-6-10-27(23)32)30(39-34-18)21-13-11-20(12-14-21)25-16-15-22(17-28(35)36)24-8-3-4-9-26(24)25/h3-16,19H,17H2,1-2H3,(H,33,37)(H,35,36). The maximum absolute atomic E-state index is 12.7. The molecular formula is C31H25ClN2O5. The van der Waals surface area contributed by atoms with Gasteiger partial charge in [-0.2, -0.15) is 0 Å². The van der Waals surface area contributed by atoms with E-state index in [0.717, 1.165) is 33.0 Å². The summed E-state index contributed by atoms with van der Waals surface area (Å²) in [5.41, 5.74) is 5.06. The molecule has 5 rings (SSSR count). The van der Waals surface area contributed by atoms with E-state index in [0.29, 0.717) is 27.7 Å². The molecule has 1 heterocycles. The number of carboxylic acid groups (broad SMARTS) is 1. The summed E-state index contributed by atoms with van der Waals surface area (Å²) in [5, 5.41) is 18.5. The molecule has 0 radical (unpaired) electrons. The van der Waals surface area contributed by atoms with E-state index < -0.39 is 18.2 Å². The van der Waals surface area contributed by atoms with Crippen LogP contribution < -0.4 is 5.32 Å². The van der Waals surface area contributed by atoms with Gasteiger partial charge in [-0.15, -0.1) is 0 Å². The maximum Gasteiger partial charge on any atom is 0.412 e. The molecule has 0 aliphatic heterocycles. The first-order chi connectivity index (χ1) is 18.8. The number of ether oxygens (including phenoxy) is 1. The molecule has 1 atom stereocenters. The highest BCUT2D eigenvalue weighted by Crippen LogP contribution is 2.35. The molecule has 0 bridgehead atoms. The molecule has 7 nitrogen and oxygen atoms in total. The molecule has 2 N–H and O–H groups in total. The summed E-state index contributed by atoms with van der Waals surface area (Å²) in [4.78, 5) is 24.0. The quantitative estimate of drug-likeness (QED) is 0.216. The minimum atomic E-state index is -0.869. The number of nitrogens with zero attached hydrogens (tertiary/aromatic N) is 1. The van der Waals surface area contributed by atoms with Crippen molar-refractivity contribution in [3.8, 4) is 22.5 Å². The smallest absolute Gasteiger partial charge is 0.412 e. The van der Waals surface area contributed by atoms with Crippen LogP contribution >= 0.6 is 11.6 Å². The summed E-state index contributed by atoms with van der Waals surface area (Å²) in [6.07, 6.45) is -1.25. The zero-order chi connectivity index (χ0) is 27.5. The lowest BCUT2D eigenvalue weighted by atomic mass is 9.93. The Balaban J connectivity index is 1.39. The SMILES string of the molecule is Cc1noc(-c2ccc(-c3ccc(CC(=O)O)c4ccccc34)cc2)c1NC(=O)OC(C)c1ccccc1Cl. The fourth-order valence-electron chi connectivity index (χ4n) is 4.61. The summed E-state index contributed by atoms with van der Waals surface area (Å²) < 4.78 is 11.1. The molecule has 0 spiro atoms. The van der Waals surface area contributed by atoms with E-state index in [2.05, 4.69) is 10.5 Å². The maximum atomic E-state index is 12.7. The minimum absolute atomic E-state index is 0.0417. The first kappa shape index (κ1) is 26.0. The molecule has 0 saturated heterocycles. The van der Waals surface area contributed by atoms with Crippen LogP contribution in [0.4, 0.5) is 10.5 Å². The third-order valence-corrected chi connectivity index (χ3v) is 6.88. The predicted molar refractivity (Wildman–Crippen MR) is 151 cm³/mol. The molecule has 1 aromatic heterocycles. The van der Waals surface area contributed by atoms with Gasteiger partial charge in [0.15, 0.2) is 5.76 Å². The molecule has 0 aliphatic carbocycles. The van der Waals surface area contributed by atoms with Crippen LogP contribution in [0.5, 0.6) is 0 Å². The average molecular weight is 541 g/mol. The average Bonchev–Trinajstić information content (AvgIpc) is 3.28. The lowest BCUT2D eigenvalue weighted by molar-refractivity contribution is -0.136. The second-order valence-electron chi connectivity index (χ2n) is 9.13. The molecule has 0 aliphatic rings. The van der Waals surface area contributed by atoms with E-state index >= 15 is 0 Å². The Labute approximate surface area is 230 Å². The Kier molecular flexibility index (Phi) is 7.34. The number of nitrogens with one attached hydrogen (secondary N) is 1. The number of hydrogen-bond acceptors (Lipinski definition) is 5. The van der Waals surface area contributed by atoms with Crippen molar-refractivity contribution in [2.24, 2.45) is 0 Å². The van der Waals surface area contributed by atoms with E-state index in [1.54, 1.807) is 26.0 Å². The van der Waals surface area contributed by atoms with Crippen molar-refractivity contribution in [1.29, 1.82) is 0 Å². The third-order valence-electron chi connectivity index (χ3n) is 6.53. The van der Waals surface area contributed by atoms with Crippen molar-refractivity contribution in [3.05, 3.63) is 107 Å². The molecule has 8 heteroatoms. The summed E-state index contributed by atoms with van der Waals surface area (Å²) in [6, 6.07) is 26.4. The van der Waals surface area contributed by atoms with Gasteiger partial charge in [0.2, 0.25) is 0 Å². The van der Waals surface area contributed by atoms with Crippen LogP contribution in [0.25, 0.3) is 33.2 Å². The predicted octanol–water partition coefficient (Wildman–Crippen LogP) is 8.06. The number of rotatable bonds is 7. The second-order valence-corrected chi connectivity index (χ2v) is 9.54. The Morgan fingerprint density at radius 3 is 2.33 bits per heavy atom. The topological polar surface area (TPSA) is 102 Å². The first-order valence-corrected chi connectivity index (χ1v) is 12.7. The number of aryl methyl sites for hydroxylation is 1. The Bertz CT molecular complexity index is 1680. The third kappa shape index (κ3) is 5.49. The largest absolute Gasteiger partial charge is 0.481 e. The van der Waals surface area contributed by atoms with Crippen molar-refractivity contribution in [2.75, 3.05) is 5.32 Å². The van der Waals surface area contributed by atoms with Gasteiger partial charge in [-0.3, -0.25) is 10.1 Å². The van der Waals surface area contributed by atoms with Crippen LogP contribution in [-0.2, 0) is 16.0 Å². The first-order valence-electron chi connectivity index (χ1n) is 12.3. The Hall–Kier alpha value is -4.62. The van der Waals surface area contributed by atoms with Gasteiger partial charge in [0.05, 0.1) is 6.42 Å². The van der Waals surface area contributed by atoms with Gasteiger partial charge in [0.25, 0.3) is 0 Å². The molecule has 0 saturated carbocycles. The van der Waals surface area contributed by atoms with E-state index in [-0.39, 0.29) is 6.42 Å². The lowest BCUT2D eigenvalue weighted by Gasteiger charge is -2.15. The number of carbonyl (C=O) groups is 2. The monoisotopic (exact) mass is 540 g/mol. The number of carboxylic acids is 1. The van der Waals surface area contributed by atoms with Gasteiger partial charge in [-0.25, -0.2) is 4.79 Å². The van der Waals surface area contributed by atoms with Crippen molar-refractivity contribution in [2.45, 2.75) is 26.4 Å². The Morgan fingerprint density at radius 1 is 0.949 bits per heavy atom. The Morgan fingerprint density at radius 2 is 1.62 bits per heavy atom. The number of aromatic nitrogens is 1. The zero-order valence-corrected chi connectivity index (χ0v) is 22.0.